The predicted molar refractivity (Wildman–Crippen MR) is 89.8 cm³/mol. The van der Waals surface area contributed by atoms with Crippen LogP contribution in [0.2, 0.25) is 5.02 Å². The van der Waals surface area contributed by atoms with E-state index in [1.54, 1.807) is 0 Å². The number of aryl methyl sites for hydroxylation is 3. The molecule has 0 saturated carbocycles. The SMILES string of the molecule is Cc1cc(Cl)c(C(N)C2CCc3ccccc3C2)cc1C. The van der Waals surface area contributed by atoms with Crippen LogP contribution in [0.15, 0.2) is 36.4 Å². The Morgan fingerprint density at radius 2 is 1.76 bits per heavy atom. The van der Waals surface area contributed by atoms with Crippen LogP contribution in [0.3, 0.4) is 0 Å². The van der Waals surface area contributed by atoms with Gasteiger partial charge < -0.3 is 5.73 Å². The zero-order valence-electron chi connectivity index (χ0n) is 12.7. The summed E-state index contributed by atoms with van der Waals surface area (Å²) in [5, 5.41) is 0.810. The fraction of sp³-hybridized carbons (Fsp3) is 0.368. The molecule has 0 saturated heterocycles. The molecule has 0 fully saturated rings. The maximum atomic E-state index is 6.56. The van der Waals surface area contributed by atoms with Crippen LogP contribution in [0.25, 0.3) is 0 Å². The van der Waals surface area contributed by atoms with E-state index in [0.29, 0.717) is 5.92 Å². The van der Waals surface area contributed by atoms with E-state index in [0.717, 1.165) is 29.8 Å². The second-order valence-electron chi connectivity index (χ2n) is 6.26. The summed E-state index contributed by atoms with van der Waals surface area (Å²) in [6.07, 6.45) is 3.32. The topological polar surface area (TPSA) is 26.0 Å². The molecule has 2 unspecified atom stereocenters. The molecule has 1 aliphatic carbocycles. The summed E-state index contributed by atoms with van der Waals surface area (Å²) in [6.45, 7) is 4.21. The Morgan fingerprint density at radius 1 is 1.10 bits per heavy atom. The Bertz CT molecular complexity index is 663. The third kappa shape index (κ3) is 2.86. The van der Waals surface area contributed by atoms with E-state index in [4.69, 9.17) is 17.3 Å². The second kappa shape index (κ2) is 5.82. The van der Waals surface area contributed by atoms with Crippen molar-refractivity contribution >= 4 is 11.6 Å². The zero-order chi connectivity index (χ0) is 15.0. The molecule has 2 heteroatoms. The highest BCUT2D eigenvalue weighted by Gasteiger charge is 2.26. The monoisotopic (exact) mass is 299 g/mol. The molecule has 2 atom stereocenters. The average Bonchev–Trinajstić information content (AvgIpc) is 2.50. The Hall–Kier alpha value is -1.31. The summed E-state index contributed by atoms with van der Waals surface area (Å²) in [5.41, 5.74) is 13.1. The highest BCUT2D eigenvalue weighted by atomic mass is 35.5. The molecule has 2 aromatic carbocycles. The third-order valence-electron chi connectivity index (χ3n) is 4.86. The van der Waals surface area contributed by atoms with Crippen LogP contribution in [0.1, 0.15) is 40.3 Å². The van der Waals surface area contributed by atoms with E-state index >= 15 is 0 Å². The minimum Gasteiger partial charge on any atom is -0.324 e. The van der Waals surface area contributed by atoms with E-state index < -0.39 is 0 Å². The maximum absolute atomic E-state index is 6.56. The standard InChI is InChI=1S/C19H22ClN/c1-12-9-17(18(20)10-13(12)2)19(21)16-8-7-14-5-3-4-6-15(14)11-16/h3-6,9-10,16,19H,7-8,11,21H2,1-2H3. The van der Waals surface area contributed by atoms with Gasteiger partial charge in [-0.05, 0) is 72.9 Å². The third-order valence-corrected chi connectivity index (χ3v) is 5.19. The van der Waals surface area contributed by atoms with Crippen LogP contribution in [0.4, 0.5) is 0 Å². The van der Waals surface area contributed by atoms with Crippen molar-refractivity contribution in [3.8, 4) is 0 Å². The number of hydrogen-bond donors (Lipinski definition) is 1. The van der Waals surface area contributed by atoms with E-state index in [2.05, 4.69) is 44.2 Å². The van der Waals surface area contributed by atoms with Gasteiger partial charge in [-0.15, -0.1) is 0 Å². The molecule has 0 spiro atoms. The number of benzene rings is 2. The molecule has 3 rings (SSSR count). The maximum Gasteiger partial charge on any atom is 0.0456 e. The lowest BCUT2D eigenvalue weighted by Crippen LogP contribution is -2.27. The molecular formula is C19H22ClN. The van der Waals surface area contributed by atoms with Crippen LogP contribution >= 0.6 is 11.6 Å². The first kappa shape index (κ1) is 14.6. The van der Waals surface area contributed by atoms with Gasteiger partial charge >= 0.3 is 0 Å². The summed E-state index contributed by atoms with van der Waals surface area (Å²) in [5.74, 6) is 0.472. The molecule has 0 aromatic heterocycles. The highest BCUT2D eigenvalue weighted by molar-refractivity contribution is 6.31. The van der Waals surface area contributed by atoms with Gasteiger partial charge in [-0.3, -0.25) is 0 Å². The lowest BCUT2D eigenvalue weighted by Gasteiger charge is -2.30. The molecular weight excluding hydrogens is 278 g/mol. The molecule has 2 N–H and O–H groups in total. The minimum atomic E-state index is 0.0187. The summed E-state index contributed by atoms with van der Waals surface area (Å²) in [7, 11) is 0. The van der Waals surface area contributed by atoms with Crippen molar-refractivity contribution in [2.45, 2.75) is 39.2 Å². The largest absolute Gasteiger partial charge is 0.324 e. The van der Waals surface area contributed by atoms with Crippen LogP contribution in [-0.2, 0) is 12.8 Å². The predicted octanol–water partition coefficient (Wildman–Crippen LogP) is 4.76. The smallest absolute Gasteiger partial charge is 0.0456 e. The Morgan fingerprint density at radius 3 is 2.52 bits per heavy atom. The highest BCUT2D eigenvalue weighted by Crippen LogP contribution is 2.36. The van der Waals surface area contributed by atoms with Crippen molar-refractivity contribution in [2.75, 3.05) is 0 Å². The fourth-order valence-corrected chi connectivity index (χ4v) is 3.69. The molecule has 0 amide bonds. The number of fused-ring (bicyclic) bond motifs is 1. The van der Waals surface area contributed by atoms with Gasteiger partial charge in [0.05, 0.1) is 0 Å². The van der Waals surface area contributed by atoms with Crippen molar-refractivity contribution in [2.24, 2.45) is 11.7 Å². The number of hydrogen-bond acceptors (Lipinski definition) is 1. The van der Waals surface area contributed by atoms with Crippen LogP contribution in [0.5, 0.6) is 0 Å². The normalized spacial score (nSPS) is 19.1. The van der Waals surface area contributed by atoms with E-state index in [1.165, 1.54) is 22.3 Å². The summed E-state index contributed by atoms with van der Waals surface area (Å²) >= 11 is 6.44. The first-order valence-corrected chi connectivity index (χ1v) is 8.03. The van der Waals surface area contributed by atoms with Crippen LogP contribution in [-0.4, -0.2) is 0 Å². The molecule has 0 bridgehead atoms. The molecule has 1 nitrogen and oxygen atoms in total. The second-order valence-corrected chi connectivity index (χ2v) is 6.66. The van der Waals surface area contributed by atoms with Gasteiger partial charge in [0.2, 0.25) is 0 Å². The molecule has 0 aliphatic heterocycles. The van der Waals surface area contributed by atoms with E-state index in [1.807, 2.05) is 6.07 Å². The summed E-state index contributed by atoms with van der Waals surface area (Å²) in [4.78, 5) is 0. The molecule has 21 heavy (non-hydrogen) atoms. The van der Waals surface area contributed by atoms with Gasteiger partial charge in [0.25, 0.3) is 0 Å². The van der Waals surface area contributed by atoms with Gasteiger partial charge in [0.15, 0.2) is 0 Å². The molecule has 110 valence electrons. The molecule has 0 radical (unpaired) electrons. The van der Waals surface area contributed by atoms with E-state index in [9.17, 15) is 0 Å². The van der Waals surface area contributed by atoms with Crippen molar-refractivity contribution in [3.63, 3.8) is 0 Å². The fourth-order valence-electron chi connectivity index (χ4n) is 3.35. The summed E-state index contributed by atoms with van der Waals surface area (Å²) < 4.78 is 0. The zero-order valence-corrected chi connectivity index (χ0v) is 13.5. The van der Waals surface area contributed by atoms with Gasteiger partial charge in [-0.1, -0.05) is 41.9 Å². The summed E-state index contributed by atoms with van der Waals surface area (Å²) in [6, 6.07) is 12.9. The minimum absolute atomic E-state index is 0.0187. The molecule has 2 aromatic rings. The number of rotatable bonds is 2. The van der Waals surface area contributed by atoms with Crippen molar-refractivity contribution in [3.05, 3.63) is 69.2 Å². The van der Waals surface area contributed by atoms with Gasteiger partial charge in [0.1, 0.15) is 0 Å². The van der Waals surface area contributed by atoms with Gasteiger partial charge in [-0.2, -0.15) is 0 Å². The number of halogens is 1. The lowest BCUT2D eigenvalue weighted by molar-refractivity contribution is 0.382. The average molecular weight is 300 g/mol. The Labute approximate surface area is 132 Å². The Balaban J connectivity index is 1.87. The lowest BCUT2D eigenvalue weighted by atomic mass is 9.78. The first-order valence-electron chi connectivity index (χ1n) is 7.65. The van der Waals surface area contributed by atoms with Crippen LogP contribution < -0.4 is 5.73 Å². The quantitative estimate of drug-likeness (QED) is 0.850. The molecule has 1 aliphatic rings. The van der Waals surface area contributed by atoms with Crippen LogP contribution in [0, 0.1) is 19.8 Å². The van der Waals surface area contributed by atoms with Gasteiger partial charge in [-0.25, -0.2) is 0 Å². The van der Waals surface area contributed by atoms with Gasteiger partial charge in [0, 0.05) is 11.1 Å². The Kier molecular flexibility index (Phi) is 4.05. The van der Waals surface area contributed by atoms with E-state index in [-0.39, 0.29) is 6.04 Å². The van der Waals surface area contributed by atoms with Crippen molar-refractivity contribution < 1.29 is 0 Å². The first-order chi connectivity index (χ1) is 10.1. The van der Waals surface area contributed by atoms with Crippen molar-refractivity contribution in [1.82, 2.24) is 0 Å². The number of nitrogens with two attached hydrogens (primary N) is 1. The molecule has 0 heterocycles. The van der Waals surface area contributed by atoms with Crippen molar-refractivity contribution in [1.29, 1.82) is 0 Å².